The molecule has 68 valence electrons. The summed E-state index contributed by atoms with van der Waals surface area (Å²) in [4.78, 5) is 0. The Morgan fingerprint density at radius 3 is 1.91 bits per heavy atom. The summed E-state index contributed by atoms with van der Waals surface area (Å²) in [6.07, 6.45) is 1.29. The van der Waals surface area contributed by atoms with Gasteiger partial charge in [0.25, 0.3) is 0 Å². The summed E-state index contributed by atoms with van der Waals surface area (Å²) in [7, 11) is -0.840. The molecule has 1 atom stereocenters. The Bertz CT molecular complexity index is 110. The summed E-state index contributed by atoms with van der Waals surface area (Å²) in [6, 6.07) is 0.632. The third-order valence-corrected chi connectivity index (χ3v) is 6.03. The summed E-state index contributed by atoms with van der Waals surface area (Å²) in [5.41, 5.74) is 0.852. The van der Waals surface area contributed by atoms with Crippen molar-refractivity contribution in [3.8, 4) is 0 Å². The highest BCUT2D eigenvalue weighted by atomic mass is 31.2. The first-order valence-corrected chi connectivity index (χ1v) is 7.26. The highest BCUT2D eigenvalue weighted by Gasteiger charge is 2.31. The van der Waals surface area contributed by atoms with Gasteiger partial charge in [0, 0.05) is 6.04 Å². The zero-order chi connectivity index (χ0) is 9.07. The molecule has 11 heavy (non-hydrogen) atoms. The zero-order valence-electron chi connectivity index (χ0n) is 8.81. The fourth-order valence-electron chi connectivity index (χ4n) is 1.25. The summed E-state index contributed by atoms with van der Waals surface area (Å²) >= 11 is 0. The molecule has 0 radical (unpaired) electrons. The van der Waals surface area contributed by atoms with Gasteiger partial charge >= 0.3 is 0 Å². The van der Waals surface area contributed by atoms with Crippen LogP contribution in [0, 0.1) is 0 Å². The topological polar surface area (TPSA) is 12.0 Å². The second-order valence-electron chi connectivity index (χ2n) is 4.08. The first-order valence-electron chi connectivity index (χ1n) is 4.51. The normalized spacial score (nSPS) is 15.5. The fraction of sp³-hybridized carbons (Fsp3) is 1.00. The molecule has 0 aromatic rings. The van der Waals surface area contributed by atoms with E-state index in [1.54, 1.807) is 0 Å². The first-order chi connectivity index (χ1) is 4.90. The molecule has 0 spiro atoms. The molecular weight excluding hydrogens is 153 g/mol. The van der Waals surface area contributed by atoms with E-state index >= 15 is 0 Å². The molecule has 1 N–H and O–H groups in total. The fourth-order valence-corrected chi connectivity index (χ4v) is 3.75. The second kappa shape index (κ2) is 4.42. The monoisotopic (exact) mass is 176 g/mol. The Hall–Kier alpha value is 0.390. The lowest BCUT2D eigenvalue weighted by atomic mass is 10.4. The third-order valence-electron chi connectivity index (χ3n) is 2.28. The number of nitrogens with one attached hydrogen (secondary N) is 1. The van der Waals surface area contributed by atoms with Crippen LogP contribution in [0.25, 0.3) is 0 Å². The summed E-state index contributed by atoms with van der Waals surface area (Å²) < 4.78 is 0. The molecule has 1 nitrogen and oxygen atoms in total. The molecule has 0 aliphatic heterocycles. The van der Waals surface area contributed by atoms with E-state index in [0.29, 0.717) is 6.04 Å². The van der Waals surface area contributed by atoms with E-state index in [9.17, 15) is 0 Å². The Morgan fingerprint density at radius 1 is 1.18 bits per heavy atom. The van der Waals surface area contributed by atoms with Crippen molar-refractivity contribution >= 4 is 7.41 Å². The zero-order valence-corrected chi connectivity index (χ0v) is 9.70. The molecule has 1 unspecified atom stereocenters. The molecular formula is C9H23NP+. The maximum absolute atomic E-state index is 3.68. The van der Waals surface area contributed by atoms with Gasteiger partial charge in [-0.05, 0) is 27.2 Å². The summed E-state index contributed by atoms with van der Waals surface area (Å²) in [6.45, 7) is 13.9. The minimum atomic E-state index is -0.840. The lowest BCUT2D eigenvalue weighted by Gasteiger charge is -2.26. The van der Waals surface area contributed by atoms with E-state index in [-0.39, 0.29) is 0 Å². The largest absolute Gasteiger partial charge is 0.190 e. The summed E-state index contributed by atoms with van der Waals surface area (Å²) in [5.74, 6) is 0. The average Bonchev–Trinajstić information content (AvgIpc) is 1.83. The third kappa shape index (κ3) is 4.08. The van der Waals surface area contributed by atoms with Crippen molar-refractivity contribution in [2.75, 3.05) is 13.3 Å². The van der Waals surface area contributed by atoms with Crippen molar-refractivity contribution < 1.29 is 0 Å². The van der Waals surface area contributed by atoms with Gasteiger partial charge < -0.3 is 0 Å². The van der Waals surface area contributed by atoms with Gasteiger partial charge in [0.2, 0.25) is 0 Å². The van der Waals surface area contributed by atoms with Crippen LogP contribution in [0.3, 0.4) is 0 Å². The molecule has 0 aromatic carbocycles. The maximum atomic E-state index is 3.68. The van der Waals surface area contributed by atoms with Gasteiger partial charge in [-0.25, -0.2) is 0 Å². The standard InChI is InChI=1S/C9H23NP/c1-7-9(4)11(5,6)10-8(2)3/h8-10H,7H2,1-6H3/q+1. The van der Waals surface area contributed by atoms with E-state index in [2.05, 4.69) is 46.1 Å². The predicted molar refractivity (Wildman–Crippen MR) is 56.8 cm³/mol. The van der Waals surface area contributed by atoms with Crippen LogP contribution in [0.1, 0.15) is 34.1 Å². The van der Waals surface area contributed by atoms with Gasteiger partial charge in [0.15, 0.2) is 0 Å². The molecule has 0 aromatic heterocycles. The average molecular weight is 176 g/mol. The number of rotatable bonds is 4. The Labute approximate surface area is 72.3 Å². The molecule has 0 bridgehead atoms. The van der Waals surface area contributed by atoms with Crippen molar-refractivity contribution in [2.45, 2.75) is 45.8 Å². The number of hydrogen-bond acceptors (Lipinski definition) is 1. The molecule has 0 saturated carbocycles. The van der Waals surface area contributed by atoms with E-state index < -0.39 is 7.41 Å². The Morgan fingerprint density at radius 2 is 1.64 bits per heavy atom. The van der Waals surface area contributed by atoms with Gasteiger partial charge in [-0.3, -0.25) is 0 Å². The highest BCUT2D eigenvalue weighted by Crippen LogP contribution is 2.53. The van der Waals surface area contributed by atoms with Gasteiger partial charge in [-0.15, -0.1) is 0 Å². The smallest absolute Gasteiger partial charge is 0.0816 e. The van der Waals surface area contributed by atoms with Gasteiger partial charge in [0.1, 0.15) is 0 Å². The van der Waals surface area contributed by atoms with Crippen LogP contribution < -0.4 is 5.09 Å². The molecule has 0 fully saturated rings. The van der Waals surface area contributed by atoms with Crippen molar-refractivity contribution in [3.63, 3.8) is 0 Å². The molecule has 0 saturated heterocycles. The van der Waals surface area contributed by atoms with Crippen LogP contribution in [0.15, 0.2) is 0 Å². The van der Waals surface area contributed by atoms with Crippen LogP contribution in [0.5, 0.6) is 0 Å². The minimum absolute atomic E-state index is 0.632. The van der Waals surface area contributed by atoms with Crippen molar-refractivity contribution in [2.24, 2.45) is 0 Å². The Kier molecular flexibility index (Phi) is 4.58. The molecule has 0 rings (SSSR count). The van der Waals surface area contributed by atoms with E-state index in [1.807, 2.05) is 0 Å². The van der Waals surface area contributed by atoms with Gasteiger partial charge in [-0.1, -0.05) is 6.92 Å². The van der Waals surface area contributed by atoms with Crippen LogP contribution >= 0.6 is 7.41 Å². The van der Waals surface area contributed by atoms with E-state index in [1.165, 1.54) is 6.42 Å². The molecule has 2 heteroatoms. The lowest BCUT2D eigenvalue weighted by Crippen LogP contribution is -2.27. The predicted octanol–water partition coefficient (Wildman–Crippen LogP) is 2.98. The highest BCUT2D eigenvalue weighted by molar-refractivity contribution is 7.73. The van der Waals surface area contributed by atoms with Crippen LogP contribution in [-0.4, -0.2) is 25.0 Å². The first kappa shape index (κ1) is 11.4. The van der Waals surface area contributed by atoms with Crippen LogP contribution in [0.4, 0.5) is 0 Å². The molecule has 0 heterocycles. The van der Waals surface area contributed by atoms with Crippen LogP contribution in [-0.2, 0) is 0 Å². The molecule has 0 aliphatic rings. The van der Waals surface area contributed by atoms with Gasteiger partial charge in [-0.2, -0.15) is 5.09 Å². The van der Waals surface area contributed by atoms with Gasteiger partial charge in [0.05, 0.1) is 26.4 Å². The Balaban J connectivity index is 3.98. The minimum Gasteiger partial charge on any atom is -0.190 e. The van der Waals surface area contributed by atoms with Crippen molar-refractivity contribution in [1.82, 2.24) is 5.09 Å². The van der Waals surface area contributed by atoms with Crippen LogP contribution in [0.2, 0.25) is 0 Å². The number of hydrogen-bond donors (Lipinski definition) is 1. The lowest BCUT2D eigenvalue weighted by molar-refractivity contribution is 0.736. The van der Waals surface area contributed by atoms with E-state index in [0.717, 1.165) is 5.66 Å². The SMILES string of the molecule is CCC(C)[P+](C)(C)NC(C)C. The summed E-state index contributed by atoms with van der Waals surface area (Å²) in [5, 5.41) is 3.68. The molecule has 0 amide bonds. The van der Waals surface area contributed by atoms with E-state index in [4.69, 9.17) is 0 Å². The van der Waals surface area contributed by atoms with Crippen molar-refractivity contribution in [1.29, 1.82) is 0 Å². The van der Waals surface area contributed by atoms with Crippen molar-refractivity contribution in [3.05, 3.63) is 0 Å². The quantitative estimate of drug-likeness (QED) is 0.649. The second-order valence-corrected chi connectivity index (χ2v) is 8.30. The maximum Gasteiger partial charge on any atom is 0.0816 e. The molecule has 0 aliphatic carbocycles.